The van der Waals surface area contributed by atoms with E-state index in [0.717, 1.165) is 6.26 Å². The third kappa shape index (κ3) is 1.79. The second-order valence-corrected chi connectivity index (χ2v) is 2.35. The highest BCUT2D eigenvalue weighted by Gasteiger charge is 2.06. The molecule has 3 heteroatoms. The summed E-state index contributed by atoms with van der Waals surface area (Å²) < 4.78 is 5.03. The van der Waals surface area contributed by atoms with E-state index in [-0.39, 0.29) is 5.57 Å². The molecule has 0 aliphatic carbocycles. The zero-order chi connectivity index (χ0) is 9.68. The van der Waals surface area contributed by atoms with Crippen LogP contribution in [0.1, 0.15) is 5.56 Å². The van der Waals surface area contributed by atoms with E-state index in [2.05, 4.69) is 0 Å². The predicted molar refractivity (Wildman–Crippen MR) is 49.2 cm³/mol. The molecule has 0 saturated heterocycles. The van der Waals surface area contributed by atoms with Gasteiger partial charge in [-0.25, -0.2) is 0 Å². The molecule has 0 atom stereocenters. The second-order valence-electron chi connectivity index (χ2n) is 2.35. The third-order valence-corrected chi connectivity index (χ3v) is 1.65. The third-order valence-electron chi connectivity index (χ3n) is 1.65. The maximum atomic E-state index is 8.76. The fraction of sp³-hybridized carbons (Fsp3) is 0.100. The Hall–Kier alpha value is -1.95. The van der Waals surface area contributed by atoms with Crippen molar-refractivity contribution in [3.8, 4) is 11.8 Å². The zero-order valence-corrected chi connectivity index (χ0v) is 7.19. The Morgan fingerprint density at radius 2 is 2.23 bits per heavy atom. The monoisotopic (exact) mass is 175 g/mol. The van der Waals surface area contributed by atoms with Gasteiger partial charge in [-0.2, -0.15) is 5.26 Å². The predicted octanol–water partition coefficient (Wildman–Crippen LogP) is 2.12. The van der Waals surface area contributed by atoms with Crippen LogP contribution in [-0.4, -0.2) is 12.2 Å². The molecule has 0 aliphatic heterocycles. The number of allylic oxidation sites excluding steroid dienone is 1. The molecule has 0 radical (unpaired) electrons. The number of aliphatic hydroxyl groups excluding tert-OH is 1. The van der Waals surface area contributed by atoms with Crippen molar-refractivity contribution in [3.05, 3.63) is 36.1 Å². The molecule has 0 amide bonds. The topological polar surface area (TPSA) is 53.2 Å². The highest BCUT2D eigenvalue weighted by molar-refractivity contribution is 5.79. The van der Waals surface area contributed by atoms with Gasteiger partial charge in [0.15, 0.2) is 0 Å². The Kier molecular flexibility index (Phi) is 2.93. The maximum absolute atomic E-state index is 8.76. The van der Waals surface area contributed by atoms with Crippen molar-refractivity contribution in [2.45, 2.75) is 0 Å². The van der Waals surface area contributed by atoms with Gasteiger partial charge in [0, 0.05) is 5.56 Å². The molecule has 0 fully saturated rings. The first-order chi connectivity index (χ1) is 6.33. The number of nitrogens with zero attached hydrogens (tertiary/aromatic N) is 1. The lowest BCUT2D eigenvalue weighted by Crippen LogP contribution is -1.89. The zero-order valence-electron chi connectivity index (χ0n) is 7.19. The van der Waals surface area contributed by atoms with E-state index < -0.39 is 0 Å². The molecule has 0 aliphatic rings. The summed E-state index contributed by atoms with van der Waals surface area (Å²) in [5.74, 6) is 0.573. The largest absolute Gasteiger partial charge is 0.514 e. The van der Waals surface area contributed by atoms with Crippen LogP contribution in [0.15, 0.2) is 30.5 Å². The number of para-hydroxylation sites is 1. The quantitative estimate of drug-likeness (QED) is 0.553. The lowest BCUT2D eigenvalue weighted by Gasteiger charge is -2.04. The Balaban J connectivity index is 3.22. The van der Waals surface area contributed by atoms with Gasteiger partial charge in [-0.05, 0) is 12.1 Å². The highest BCUT2D eigenvalue weighted by Crippen LogP contribution is 2.24. The molecule has 1 aromatic carbocycles. The molecule has 1 aromatic rings. The Morgan fingerprint density at radius 1 is 1.54 bits per heavy atom. The fourth-order valence-electron chi connectivity index (χ4n) is 1.03. The number of rotatable bonds is 2. The van der Waals surface area contributed by atoms with E-state index in [9.17, 15) is 0 Å². The van der Waals surface area contributed by atoms with Gasteiger partial charge < -0.3 is 9.84 Å². The van der Waals surface area contributed by atoms with Crippen molar-refractivity contribution in [3.63, 3.8) is 0 Å². The van der Waals surface area contributed by atoms with Crippen LogP contribution < -0.4 is 4.74 Å². The molecule has 0 aromatic heterocycles. The summed E-state index contributed by atoms with van der Waals surface area (Å²) in [4.78, 5) is 0. The van der Waals surface area contributed by atoms with Crippen molar-refractivity contribution in [1.29, 1.82) is 5.26 Å². The minimum atomic E-state index is 0.192. The van der Waals surface area contributed by atoms with Gasteiger partial charge in [0.1, 0.15) is 11.8 Å². The van der Waals surface area contributed by atoms with Gasteiger partial charge in [-0.15, -0.1) is 0 Å². The van der Waals surface area contributed by atoms with Crippen LogP contribution in [0.5, 0.6) is 5.75 Å². The van der Waals surface area contributed by atoms with Gasteiger partial charge in [0.2, 0.25) is 0 Å². The number of aliphatic hydroxyl groups is 1. The molecule has 13 heavy (non-hydrogen) atoms. The van der Waals surface area contributed by atoms with Crippen LogP contribution in [0, 0.1) is 11.3 Å². The SMILES string of the molecule is COc1ccccc1/C(C#N)=C\O. The molecule has 66 valence electrons. The van der Waals surface area contributed by atoms with E-state index >= 15 is 0 Å². The normalized spacial score (nSPS) is 10.6. The van der Waals surface area contributed by atoms with Crippen molar-refractivity contribution >= 4 is 5.57 Å². The Labute approximate surface area is 76.5 Å². The average Bonchev–Trinajstić information content (AvgIpc) is 2.20. The van der Waals surface area contributed by atoms with Gasteiger partial charge in [0.05, 0.1) is 18.9 Å². The van der Waals surface area contributed by atoms with Crippen molar-refractivity contribution in [1.82, 2.24) is 0 Å². The molecular formula is C10H9NO2. The van der Waals surface area contributed by atoms with Gasteiger partial charge in [-0.3, -0.25) is 0 Å². The van der Waals surface area contributed by atoms with Crippen molar-refractivity contribution in [2.75, 3.05) is 7.11 Å². The van der Waals surface area contributed by atoms with Crippen molar-refractivity contribution in [2.24, 2.45) is 0 Å². The number of methoxy groups -OCH3 is 1. The average molecular weight is 175 g/mol. The molecule has 3 nitrogen and oxygen atoms in total. The molecule has 0 saturated carbocycles. The number of hydrogen-bond acceptors (Lipinski definition) is 3. The minimum Gasteiger partial charge on any atom is -0.514 e. The number of ether oxygens (including phenoxy) is 1. The van der Waals surface area contributed by atoms with E-state index in [1.165, 1.54) is 7.11 Å². The maximum Gasteiger partial charge on any atom is 0.127 e. The summed E-state index contributed by atoms with van der Waals surface area (Å²) in [6, 6.07) is 8.90. The first kappa shape index (κ1) is 9.14. The number of nitriles is 1. The van der Waals surface area contributed by atoms with Crippen LogP contribution in [0.3, 0.4) is 0 Å². The smallest absolute Gasteiger partial charge is 0.127 e. The summed E-state index contributed by atoms with van der Waals surface area (Å²) in [5, 5.41) is 17.4. The van der Waals surface area contributed by atoms with Crippen LogP contribution in [0.25, 0.3) is 5.57 Å². The fourth-order valence-corrected chi connectivity index (χ4v) is 1.03. The number of benzene rings is 1. The molecule has 0 unspecified atom stereocenters. The van der Waals surface area contributed by atoms with Gasteiger partial charge in [-0.1, -0.05) is 12.1 Å². The van der Waals surface area contributed by atoms with Crippen LogP contribution >= 0.6 is 0 Å². The minimum absolute atomic E-state index is 0.192. The Bertz CT molecular complexity index is 363. The summed E-state index contributed by atoms with van der Waals surface area (Å²) >= 11 is 0. The Morgan fingerprint density at radius 3 is 2.77 bits per heavy atom. The van der Waals surface area contributed by atoms with E-state index in [1.54, 1.807) is 24.3 Å². The number of hydrogen-bond donors (Lipinski definition) is 1. The lowest BCUT2D eigenvalue weighted by molar-refractivity contribution is 0.413. The molecule has 1 rings (SSSR count). The van der Waals surface area contributed by atoms with Gasteiger partial charge in [0.25, 0.3) is 0 Å². The molecule has 1 N–H and O–H groups in total. The van der Waals surface area contributed by atoms with Crippen molar-refractivity contribution < 1.29 is 9.84 Å². The summed E-state index contributed by atoms with van der Waals surface area (Å²) in [5.41, 5.74) is 0.785. The molecule has 0 bridgehead atoms. The van der Waals surface area contributed by atoms with E-state index in [4.69, 9.17) is 15.1 Å². The summed E-state index contributed by atoms with van der Waals surface area (Å²) in [6.45, 7) is 0. The van der Waals surface area contributed by atoms with E-state index in [1.807, 2.05) is 6.07 Å². The second kappa shape index (κ2) is 4.17. The molecule has 0 heterocycles. The first-order valence-electron chi connectivity index (χ1n) is 3.71. The standard InChI is InChI=1S/C10H9NO2/c1-13-10-5-3-2-4-9(10)8(6-11)7-12/h2-5,7,12H,1H3/b8-7-. The van der Waals surface area contributed by atoms with E-state index in [0.29, 0.717) is 11.3 Å². The molecule has 0 spiro atoms. The van der Waals surface area contributed by atoms with Crippen LogP contribution in [-0.2, 0) is 0 Å². The van der Waals surface area contributed by atoms with Crippen LogP contribution in [0.4, 0.5) is 0 Å². The lowest BCUT2D eigenvalue weighted by atomic mass is 10.1. The molecular weight excluding hydrogens is 166 g/mol. The summed E-state index contributed by atoms with van der Waals surface area (Å²) in [6.07, 6.45) is 0.776. The summed E-state index contributed by atoms with van der Waals surface area (Å²) in [7, 11) is 1.52. The highest BCUT2D eigenvalue weighted by atomic mass is 16.5. The van der Waals surface area contributed by atoms with Crippen LogP contribution in [0.2, 0.25) is 0 Å². The first-order valence-corrected chi connectivity index (χ1v) is 3.71. The van der Waals surface area contributed by atoms with Gasteiger partial charge >= 0.3 is 0 Å².